The van der Waals surface area contributed by atoms with Crippen LogP contribution in [-0.4, -0.2) is 10.9 Å². The summed E-state index contributed by atoms with van der Waals surface area (Å²) in [4.78, 5) is 15.5. The number of rotatable bonds is 2. The Hall–Kier alpha value is -2.21. The van der Waals surface area contributed by atoms with Gasteiger partial charge in [0.15, 0.2) is 0 Å². The second-order valence-corrected chi connectivity index (χ2v) is 4.08. The van der Waals surface area contributed by atoms with Crippen molar-refractivity contribution in [2.24, 2.45) is 0 Å². The summed E-state index contributed by atoms with van der Waals surface area (Å²) in [6.07, 6.45) is 1.21. The fourth-order valence-electron chi connectivity index (χ4n) is 1.36. The van der Waals surface area contributed by atoms with Crippen LogP contribution in [0.2, 0.25) is 5.02 Å². The molecule has 2 aromatic rings. The number of carbonyl (C=O) groups excluding carboxylic acids is 1. The first-order chi connectivity index (χ1) is 8.97. The molecule has 1 aromatic heterocycles. The molecule has 0 bridgehead atoms. The molecule has 7 heteroatoms. The molecule has 0 radical (unpaired) electrons. The summed E-state index contributed by atoms with van der Waals surface area (Å²) in [5, 5.41) is 2.40. The molecule has 98 valence electrons. The number of nitrogens with two attached hydrogens (primary N) is 1. The van der Waals surface area contributed by atoms with E-state index in [1.54, 1.807) is 0 Å². The Morgan fingerprint density at radius 1 is 1.32 bits per heavy atom. The van der Waals surface area contributed by atoms with E-state index >= 15 is 0 Å². The monoisotopic (exact) mass is 283 g/mol. The summed E-state index contributed by atoms with van der Waals surface area (Å²) < 4.78 is 26.1. The number of benzene rings is 1. The summed E-state index contributed by atoms with van der Waals surface area (Å²) in [7, 11) is 0. The number of carbonyl (C=O) groups is 1. The maximum Gasteiger partial charge on any atom is 0.257 e. The molecular weight excluding hydrogens is 276 g/mol. The average Bonchev–Trinajstić information content (AvgIpc) is 2.36. The number of anilines is 2. The minimum atomic E-state index is -0.872. The summed E-state index contributed by atoms with van der Waals surface area (Å²) in [6.45, 7) is 0. The Balaban J connectivity index is 2.23. The topological polar surface area (TPSA) is 68.0 Å². The van der Waals surface area contributed by atoms with Crippen LogP contribution < -0.4 is 11.1 Å². The second-order valence-electron chi connectivity index (χ2n) is 3.67. The van der Waals surface area contributed by atoms with Gasteiger partial charge in [0.05, 0.1) is 16.3 Å². The number of hydrogen-bond donors (Lipinski definition) is 2. The van der Waals surface area contributed by atoms with Gasteiger partial charge in [0, 0.05) is 12.3 Å². The Morgan fingerprint density at radius 2 is 2.05 bits per heavy atom. The van der Waals surface area contributed by atoms with Gasteiger partial charge in [-0.15, -0.1) is 0 Å². The van der Waals surface area contributed by atoms with Crippen LogP contribution in [0, 0.1) is 11.6 Å². The second kappa shape index (κ2) is 5.19. The molecule has 0 aliphatic carbocycles. The van der Waals surface area contributed by atoms with Crippen LogP contribution in [0.1, 0.15) is 10.4 Å². The van der Waals surface area contributed by atoms with E-state index in [9.17, 15) is 13.6 Å². The molecule has 3 N–H and O–H groups in total. The normalized spacial score (nSPS) is 10.3. The van der Waals surface area contributed by atoms with Gasteiger partial charge >= 0.3 is 0 Å². The third-order valence-electron chi connectivity index (χ3n) is 2.31. The molecule has 0 aliphatic heterocycles. The summed E-state index contributed by atoms with van der Waals surface area (Å²) in [5.74, 6) is -2.14. The highest BCUT2D eigenvalue weighted by atomic mass is 35.5. The predicted molar refractivity (Wildman–Crippen MR) is 68.0 cm³/mol. The summed E-state index contributed by atoms with van der Waals surface area (Å²) >= 11 is 5.72. The third-order valence-corrected chi connectivity index (χ3v) is 2.61. The fourth-order valence-corrected chi connectivity index (χ4v) is 1.52. The minimum absolute atomic E-state index is 0.0891. The Morgan fingerprint density at radius 3 is 2.68 bits per heavy atom. The average molecular weight is 284 g/mol. The zero-order valence-corrected chi connectivity index (χ0v) is 10.2. The molecule has 0 aliphatic rings. The quantitative estimate of drug-likeness (QED) is 0.890. The standard InChI is InChI=1S/C12H8ClF2N3O/c13-8-3-6(5-17-11(8)16)12(19)18-10-2-1-7(14)4-9(10)15/h1-5H,(H2,16,17)(H,18,19). The van der Waals surface area contributed by atoms with Gasteiger partial charge in [-0.3, -0.25) is 4.79 Å². The van der Waals surface area contributed by atoms with Crippen molar-refractivity contribution in [2.75, 3.05) is 11.1 Å². The van der Waals surface area contributed by atoms with Gasteiger partial charge in [-0.2, -0.15) is 0 Å². The van der Waals surface area contributed by atoms with Gasteiger partial charge in [0.1, 0.15) is 17.5 Å². The molecule has 1 amide bonds. The van der Waals surface area contributed by atoms with E-state index in [4.69, 9.17) is 17.3 Å². The maximum atomic E-state index is 13.4. The SMILES string of the molecule is Nc1ncc(C(=O)Nc2ccc(F)cc2F)cc1Cl. The molecule has 19 heavy (non-hydrogen) atoms. The highest BCUT2D eigenvalue weighted by Gasteiger charge is 2.11. The summed E-state index contributed by atoms with van der Waals surface area (Å²) in [5.41, 5.74) is 5.38. The molecule has 0 unspecified atom stereocenters. The lowest BCUT2D eigenvalue weighted by Gasteiger charge is -2.07. The number of amides is 1. The minimum Gasteiger partial charge on any atom is -0.382 e. The lowest BCUT2D eigenvalue weighted by atomic mass is 10.2. The first-order valence-corrected chi connectivity index (χ1v) is 5.52. The van der Waals surface area contributed by atoms with E-state index in [2.05, 4.69) is 10.3 Å². The Bertz CT molecular complexity index is 649. The van der Waals surface area contributed by atoms with Crippen molar-refractivity contribution in [2.45, 2.75) is 0 Å². The first-order valence-electron chi connectivity index (χ1n) is 5.15. The molecule has 0 spiro atoms. The van der Waals surface area contributed by atoms with E-state index in [1.807, 2.05) is 0 Å². The van der Waals surface area contributed by atoms with E-state index in [1.165, 1.54) is 12.3 Å². The third kappa shape index (κ3) is 2.97. The molecule has 0 fully saturated rings. The van der Waals surface area contributed by atoms with E-state index in [-0.39, 0.29) is 22.1 Å². The first kappa shape index (κ1) is 13.2. The van der Waals surface area contributed by atoms with Gasteiger partial charge in [0.2, 0.25) is 0 Å². The molecule has 4 nitrogen and oxygen atoms in total. The van der Waals surface area contributed by atoms with Crippen LogP contribution in [0.25, 0.3) is 0 Å². The smallest absolute Gasteiger partial charge is 0.257 e. The maximum absolute atomic E-state index is 13.4. The van der Waals surface area contributed by atoms with Crippen LogP contribution in [0.3, 0.4) is 0 Å². The number of pyridine rings is 1. The lowest BCUT2D eigenvalue weighted by molar-refractivity contribution is 0.102. The highest BCUT2D eigenvalue weighted by Crippen LogP contribution is 2.19. The van der Waals surface area contributed by atoms with E-state index in [0.29, 0.717) is 6.07 Å². The predicted octanol–water partition coefficient (Wildman–Crippen LogP) is 2.85. The Kier molecular flexibility index (Phi) is 3.62. The molecule has 0 atom stereocenters. The molecule has 1 aromatic carbocycles. The van der Waals surface area contributed by atoms with Crippen LogP contribution in [-0.2, 0) is 0 Å². The van der Waals surface area contributed by atoms with Crippen molar-refractivity contribution >= 4 is 29.0 Å². The Labute approximate surface area is 112 Å². The van der Waals surface area contributed by atoms with Gasteiger partial charge in [-0.05, 0) is 18.2 Å². The zero-order chi connectivity index (χ0) is 14.0. The van der Waals surface area contributed by atoms with Crippen molar-refractivity contribution in [3.05, 3.63) is 52.7 Å². The molecular formula is C12H8ClF2N3O. The van der Waals surface area contributed by atoms with Crippen molar-refractivity contribution in [1.29, 1.82) is 0 Å². The van der Waals surface area contributed by atoms with Crippen molar-refractivity contribution in [1.82, 2.24) is 4.98 Å². The van der Waals surface area contributed by atoms with Crippen molar-refractivity contribution in [3.63, 3.8) is 0 Å². The number of aromatic nitrogens is 1. The number of nitrogen functional groups attached to an aromatic ring is 1. The van der Waals surface area contributed by atoms with Crippen LogP contribution in [0.5, 0.6) is 0 Å². The van der Waals surface area contributed by atoms with Gasteiger partial charge in [-0.1, -0.05) is 11.6 Å². The fraction of sp³-hybridized carbons (Fsp3) is 0. The molecule has 2 rings (SSSR count). The van der Waals surface area contributed by atoms with Crippen LogP contribution in [0.4, 0.5) is 20.3 Å². The highest BCUT2D eigenvalue weighted by molar-refractivity contribution is 6.33. The van der Waals surface area contributed by atoms with Crippen LogP contribution in [0.15, 0.2) is 30.5 Å². The number of hydrogen-bond acceptors (Lipinski definition) is 3. The van der Waals surface area contributed by atoms with E-state index < -0.39 is 17.5 Å². The van der Waals surface area contributed by atoms with Crippen molar-refractivity contribution in [3.8, 4) is 0 Å². The number of nitrogens with one attached hydrogen (secondary N) is 1. The number of halogens is 3. The largest absolute Gasteiger partial charge is 0.382 e. The lowest BCUT2D eigenvalue weighted by Crippen LogP contribution is -2.13. The zero-order valence-electron chi connectivity index (χ0n) is 9.45. The van der Waals surface area contributed by atoms with Crippen LogP contribution >= 0.6 is 11.6 Å². The molecule has 1 heterocycles. The van der Waals surface area contributed by atoms with E-state index in [0.717, 1.165) is 12.1 Å². The molecule has 0 saturated carbocycles. The summed E-state index contributed by atoms with van der Waals surface area (Å²) in [6, 6.07) is 4.13. The van der Waals surface area contributed by atoms with Gasteiger partial charge in [0.25, 0.3) is 5.91 Å². The molecule has 0 saturated heterocycles. The van der Waals surface area contributed by atoms with Gasteiger partial charge < -0.3 is 11.1 Å². The number of nitrogens with zero attached hydrogens (tertiary/aromatic N) is 1. The van der Waals surface area contributed by atoms with Crippen molar-refractivity contribution < 1.29 is 13.6 Å². The van der Waals surface area contributed by atoms with Gasteiger partial charge in [-0.25, -0.2) is 13.8 Å².